The minimum Gasteiger partial charge on any atom is -0.321 e. The van der Waals surface area contributed by atoms with Gasteiger partial charge in [0, 0.05) is 28.1 Å². The molecule has 0 saturated carbocycles. The van der Waals surface area contributed by atoms with Gasteiger partial charge in [0.25, 0.3) is 15.9 Å². The van der Waals surface area contributed by atoms with Crippen LogP contribution in [0.3, 0.4) is 0 Å². The van der Waals surface area contributed by atoms with E-state index in [9.17, 15) is 13.2 Å². The number of fused-ring (bicyclic) bond motifs is 1. The molecule has 0 fully saturated rings. The molecule has 0 bridgehead atoms. The van der Waals surface area contributed by atoms with E-state index in [0.717, 1.165) is 21.4 Å². The highest BCUT2D eigenvalue weighted by atomic mass is 32.2. The van der Waals surface area contributed by atoms with Crippen molar-refractivity contribution in [3.8, 4) is 0 Å². The topological polar surface area (TPSA) is 66.5 Å². The molecule has 0 aliphatic rings. The van der Waals surface area contributed by atoms with Gasteiger partial charge < -0.3 is 5.32 Å². The van der Waals surface area contributed by atoms with E-state index >= 15 is 0 Å². The highest BCUT2D eigenvalue weighted by molar-refractivity contribution is 7.98. The van der Waals surface area contributed by atoms with E-state index in [4.69, 9.17) is 0 Å². The molecule has 4 rings (SSSR count). The normalized spacial score (nSPS) is 11.3. The number of sulfonamides is 1. The van der Waals surface area contributed by atoms with Crippen molar-refractivity contribution >= 4 is 49.8 Å². The molecule has 0 atom stereocenters. The lowest BCUT2D eigenvalue weighted by atomic mass is 10.1. The molecule has 0 aromatic heterocycles. The molecule has 4 aromatic rings. The van der Waals surface area contributed by atoms with E-state index in [1.165, 1.54) is 4.31 Å². The zero-order valence-electron chi connectivity index (χ0n) is 18.4. The van der Waals surface area contributed by atoms with Gasteiger partial charge in [-0.25, -0.2) is 8.42 Å². The van der Waals surface area contributed by atoms with Crippen molar-refractivity contribution in [2.45, 2.75) is 16.7 Å². The number of thioether (sulfide) groups is 1. The van der Waals surface area contributed by atoms with Crippen LogP contribution in [-0.2, 0) is 10.0 Å². The van der Waals surface area contributed by atoms with Gasteiger partial charge in [-0.15, -0.1) is 11.8 Å². The maximum atomic E-state index is 13.2. The molecule has 0 unspecified atom stereocenters. The number of anilines is 2. The number of rotatable bonds is 7. The number of amides is 1. The SMILES string of the molecule is CCN(c1ccc(C(=O)Nc2cccc3ccccc23)cc1)S(=O)(=O)c1ccc(SC)cc1. The molecule has 0 aliphatic carbocycles. The third-order valence-electron chi connectivity index (χ3n) is 5.39. The summed E-state index contributed by atoms with van der Waals surface area (Å²) in [7, 11) is -3.71. The maximum Gasteiger partial charge on any atom is 0.264 e. The number of carbonyl (C=O) groups excluding carboxylic acids is 1. The highest BCUT2D eigenvalue weighted by Gasteiger charge is 2.23. The molecular formula is C26H24N2O3S2. The standard InChI is InChI=1S/C26H24N2O3S2/c1-3-28(33(30,31)23-17-15-22(32-2)16-18-23)21-13-11-20(12-14-21)26(29)27-25-10-6-8-19-7-4-5-9-24(19)25/h4-18H,3H2,1-2H3,(H,27,29). The van der Waals surface area contributed by atoms with Gasteiger partial charge >= 0.3 is 0 Å². The third kappa shape index (κ3) is 4.74. The monoisotopic (exact) mass is 476 g/mol. The Morgan fingerprint density at radius 2 is 1.55 bits per heavy atom. The Hall–Kier alpha value is -3.29. The van der Waals surface area contributed by atoms with Gasteiger partial charge in [0.2, 0.25) is 0 Å². The molecule has 168 valence electrons. The highest BCUT2D eigenvalue weighted by Crippen LogP contribution is 2.27. The van der Waals surface area contributed by atoms with Crippen LogP contribution in [0.15, 0.2) is 101 Å². The molecule has 33 heavy (non-hydrogen) atoms. The second-order valence-corrected chi connectivity index (χ2v) is 10.1. The Labute approximate surface area is 198 Å². The summed E-state index contributed by atoms with van der Waals surface area (Å²) in [4.78, 5) is 14.1. The molecule has 0 spiro atoms. The summed E-state index contributed by atoms with van der Waals surface area (Å²) in [6, 6.07) is 27.0. The van der Waals surface area contributed by atoms with E-state index in [1.54, 1.807) is 67.2 Å². The first kappa shape index (κ1) is 22.9. The predicted octanol–water partition coefficient (Wildman–Crippen LogP) is 6.03. The zero-order chi connectivity index (χ0) is 23.4. The summed E-state index contributed by atoms with van der Waals surface area (Å²) in [5, 5.41) is 4.96. The molecule has 4 aromatic carbocycles. The number of nitrogens with zero attached hydrogens (tertiary/aromatic N) is 1. The first-order valence-electron chi connectivity index (χ1n) is 10.5. The average Bonchev–Trinajstić information content (AvgIpc) is 2.85. The van der Waals surface area contributed by atoms with Gasteiger partial charge in [-0.1, -0.05) is 36.4 Å². The molecule has 1 amide bonds. The molecular weight excluding hydrogens is 452 g/mol. The summed E-state index contributed by atoms with van der Waals surface area (Å²) in [6.07, 6.45) is 1.94. The first-order valence-corrected chi connectivity index (χ1v) is 13.2. The van der Waals surface area contributed by atoms with Crippen molar-refractivity contribution in [2.24, 2.45) is 0 Å². The lowest BCUT2D eigenvalue weighted by Gasteiger charge is -2.23. The molecule has 0 saturated heterocycles. The van der Waals surface area contributed by atoms with Gasteiger partial charge in [-0.2, -0.15) is 0 Å². The largest absolute Gasteiger partial charge is 0.321 e. The summed E-state index contributed by atoms with van der Waals surface area (Å²) in [5.74, 6) is -0.253. The molecule has 0 radical (unpaired) electrons. The molecule has 0 heterocycles. The van der Waals surface area contributed by atoms with Crippen LogP contribution >= 0.6 is 11.8 Å². The minimum absolute atomic E-state index is 0.236. The Kier molecular flexibility index (Phi) is 6.72. The van der Waals surface area contributed by atoms with Gasteiger partial charge in [-0.3, -0.25) is 9.10 Å². The van der Waals surface area contributed by atoms with Crippen molar-refractivity contribution in [3.63, 3.8) is 0 Å². The Balaban J connectivity index is 1.56. The second kappa shape index (κ2) is 9.68. The average molecular weight is 477 g/mol. The van der Waals surface area contributed by atoms with E-state index in [0.29, 0.717) is 11.3 Å². The second-order valence-electron chi connectivity index (χ2n) is 7.37. The van der Waals surface area contributed by atoms with Crippen molar-refractivity contribution in [1.29, 1.82) is 0 Å². The van der Waals surface area contributed by atoms with Gasteiger partial charge in [0.05, 0.1) is 10.6 Å². The minimum atomic E-state index is -3.71. The fourth-order valence-corrected chi connectivity index (χ4v) is 5.56. The number of hydrogen-bond donors (Lipinski definition) is 1. The van der Waals surface area contributed by atoms with Crippen molar-refractivity contribution in [1.82, 2.24) is 0 Å². The number of hydrogen-bond acceptors (Lipinski definition) is 4. The van der Waals surface area contributed by atoms with Crippen LogP contribution in [0.2, 0.25) is 0 Å². The molecule has 0 aliphatic heterocycles. The van der Waals surface area contributed by atoms with Crippen LogP contribution < -0.4 is 9.62 Å². The van der Waals surface area contributed by atoms with E-state index in [2.05, 4.69) is 5.32 Å². The number of nitrogens with one attached hydrogen (secondary N) is 1. The maximum absolute atomic E-state index is 13.2. The summed E-state index contributed by atoms with van der Waals surface area (Å²) >= 11 is 1.56. The number of carbonyl (C=O) groups is 1. The van der Waals surface area contributed by atoms with E-state index < -0.39 is 10.0 Å². The van der Waals surface area contributed by atoms with Crippen LogP contribution in [0.4, 0.5) is 11.4 Å². The Morgan fingerprint density at radius 1 is 0.879 bits per heavy atom. The van der Waals surface area contributed by atoms with Gasteiger partial charge in [0.1, 0.15) is 0 Å². The molecule has 5 nitrogen and oxygen atoms in total. The first-order chi connectivity index (χ1) is 15.9. The van der Waals surface area contributed by atoms with Crippen LogP contribution in [0, 0.1) is 0 Å². The van der Waals surface area contributed by atoms with Crippen molar-refractivity contribution in [3.05, 3.63) is 96.6 Å². The van der Waals surface area contributed by atoms with E-state index in [1.807, 2.05) is 48.7 Å². The van der Waals surface area contributed by atoms with Crippen LogP contribution in [0.5, 0.6) is 0 Å². The van der Waals surface area contributed by atoms with Crippen LogP contribution in [0.25, 0.3) is 10.8 Å². The van der Waals surface area contributed by atoms with Crippen LogP contribution in [0.1, 0.15) is 17.3 Å². The predicted molar refractivity (Wildman–Crippen MR) is 137 cm³/mol. The fraction of sp³-hybridized carbons (Fsp3) is 0.115. The Morgan fingerprint density at radius 3 is 2.21 bits per heavy atom. The lowest BCUT2D eigenvalue weighted by Crippen LogP contribution is -2.30. The Bertz CT molecular complexity index is 1380. The van der Waals surface area contributed by atoms with Crippen molar-refractivity contribution < 1.29 is 13.2 Å². The van der Waals surface area contributed by atoms with Gasteiger partial charge in [-0.05, 0) is 73.2 Å². The smallest absolute Gasteiger partial charge is 0.264 e. The lowest BCUT2D eigenvalue weighted by molar-refractivity contribution is 0.102. The van der Waals surface area contributed by atoms with Gasteiger partial charge in [0.15, 0.2) is 0 Å². The zero-order valence-corrected chi connectivity index (χ0v) is 20.0. The summed E-state index contributed by atoms with van der Waals surface area (Å²) in [5.41, 5.74) is 1.69. The molecule has 1 N–H and O–H groups in total. The fourth-order valence-electron chi connectivity index (χ4n) is 3.67. The quantitative estimate of drug-likeness (QED) is 0.331. The number of benzene rings is 4. The van der Waals surface area contributed by atoms with Crippen molar-refractivity contribution in [2.75, 3.05) is 22.4 Å². The van der Waals surface area contributed by atoms with E-state index in [-0.39, 0.29) is 17.3 Å². The summed E-state index contributed by atoms with van der Waals surface area (Å²) < 4.78 is 27.7. The molecule has 7 heteroatoms. The third-order valence-corrected chi connectivity index (χ3v) is 8.05. The summed E-state index contributed by atoms with van der Waals surface area (Å²) in [6.45, 7) is 2.06. The van der Waals surface area contributed by atoms with Crippen LogP contribution in [-0.4, -0.2) is 27.1 Å².